The Hall–Kier alpha value is -4.07. The maximum absolute atomic E-state index is 13.4. The topological polar surface area (TPSA) is 58.6 Å². The third-order valence-corrected chi connectivity index (χ3v) is 5.19. The lowest BCUT2D eigenvalue weighted by Crippen LogP contribution is -2.32. The lowest BCUT2D eigenvalue weighted by molar-refractivity contribution is -0.137. The minimum absolute atomic E-state index is 0.0399. The van der Waals surface area contributed by atoms with E-state index in [1.165, 1.54) is 25.3 Å². The number of hydrogen-bond donors (Lipinski definition) is 1. The van der Waals surface area contributed by atoms with E-state index in [2.05, 4.69) is 5.32 Å². The SMILES string of the molecule is COc1cccc(N2C(=O)C(Nc3cccc(C(F)(F)F)c3)=C(c3ccc(C)cc3)C2=O)c1. The standard InChI is InChI=1S/C25H19F3N2O3/c1-15-9-11-16(12-10-15)21-22(29-18-6-3-5-17(13-18)25(26,27)28)24(32)30(23(21)31)19-7-4-8-20(14-19)33-2/h3-14,29H,1-2H3. The fourth-order valence-corrected chi connectivity index (χ4v) is 3.54. The molecule has 5 nitrogen and oxygen atoms in total. The Morgan fingerprint density at radius 3 is 2.24 bits per heavy atom. The lowest BCUT2D eigenvalue weighted by atomic mass is 10.0. The quantitative estimate of drug-likeness (QED) is 0.526. The van der Waals surface area contributed by atoms with E-state index >= 15 is 0 Å². The highest BCUT2D eigenvalue weighted by molar-refractivity contribution is 6.46. The van der Waals surface area contributed by atoms with Gasteiger partial charge in [0.25, 0.3) is 11.8 Å². The van der Waals surface area contributed by atoms with Crippen LogP contribution < -0.4 is 15.0 Å². The van der Waals surface area contributed by atoms with Gasteiger partial charge in [-0.15, -0.1) is 0 Å². The molecule has 33 heavy (non-hydrogen) atoms. The van der Waals surface area contributed by atoms with Crippen LogP contribution in [0.3, 0.4) is 0 Å². The van der Waals surface area contributed by atoms with E-state index in [-0.39, 0.29) is 22.6 Å². The van der Waals surface area contributed by atoms with Crippen LogP contribution in [0.1, 0.15) is 16.7 Å². The number of aryl methyl sites for hydroxylation is 1. The predicted molar refractivity (Wildman–Crippen MR) is 119 cm³/mol. The van der Waals surface area contributed by atoms with Crippen LogP contribution in [-0.2, 0) is 15.8 Å². The second-order valence-electron chi connectivity index (χ2n) is 7.47. The van der Waals surface area contributed by atoms with Crippen molar-refractivity contribution in [1.82, 2.24) is 0 Å². The molecule has 3 aromatic rings. The first kappa shape index (κ1) is 22.1. The number of carbonyl (C=O) groups excluding carboxylic acids is 2. The van der Waals surface area contributed by atoms with Gasteiger partial charge in [0, 0.05) is 11.8 Å². The third-order valence-electron chi connectivity index (χ3n) is 5.19. The number of nitrogens with zero attached hydrogens (tertiary/aromatic N) is 1. The van der Waals surface area contributed by atoms with Crippen molar-refractivity contribution < 1.29 is 27.5 Å². The average Bonchev–Trinajstić information content (AvgIpc) is 3.03. The Bertz CT molecular complexity index is 1260. The molecule has 0 atom stereocenters. The van der Waals surface area contributed by atoms with Crippen molar-refractivity contribution in [1.29, 1.82) is 0 Å². The summed E-state index contributed by atoms with van der Waals surface area (Å²) in [5.74, 6) is -0.822. The Labute approximate surface area is 188 Å². The summed E-state index contributed by atoms with van der Waals surface area (Å²) in [7, 11) is 1.46. The Morgan fingerprint density at radius 2 is 1.58 bits per heavy atom. The van der Waals surface area contributed by atoms with Crippen molar-refractivity contribution in [2.45, 2.75) is 13.1 Å². The van der Waals surface area contributed by atoms with Gasteiger partial charge in [0.1, 0.15) is 11.4 Å². The molecule has 0 spiro atoms. The van der Waals surface area contributed by atoms with Gasteiger partial charge in [0.2, 0.25) is 0 Å². The van der Waals surface area contributed by atoms with Gasteiger partial charge < -0.3 is 10.1 Å². The van der Waals surface area contributed by atoms with Crippen LogP contribution in [0.15, 0.2) is 78.5 Å². The van der Waals surface area contributed by atoms with Crippen molar-refractivity contribution in [2.24, 2.45) is 0 Å². The van der Waals surface area contributed by atoms with Crippen LogP contribution in [0.25, 0.3) is 5.57 Å². The molecule has 4 rings (SSSR count). The monoisotopic (exact) mass is 452 g/mol. The molecule has 0 saturated carbocycles. The molecule has 1 N–H and O–H groups in total. The molecule has 0 saturated heterocycles. The zero-order chi connectivity index (χ0) is 23.8. The largest absolute Gasteiger partial charge is 0.497 e. The van der Waals surface area contributed by atoms with Crippen LogP contribution >= 0.6 is 0 Å². The number of methoxy groups -OCH3 is 1. The Balaban J connectivity index is 1.81. The number of hydrogen-bond acceptors (Lipinski definition) is 4. The molecule has 1 aliphatic heterocycles. The first-order valence-electron chi connectivity index (χ1n) is 9.97. The number of rotatable bonds is 5. The van der Waals surface area contributed by atoms with E-state index in [0.29, 0.717) is 11.3 Å². The van der Waals surface area contributed by atoms with E-state index < -0.39 is 23.6 Å². The summed E-state index contributed by atoms with van der Waals surface area (Å²) in [6, 6.07) is 17.9. The number of carbonyl (C=O) groups is 2. The van der Waals surface area contributed by atoms with Crippen LogP contribution in [0.2, 0.25) is 0 Å². The number of halogens is 3. The zero-order valence-corrected chi connectivity index (χ0v) is 17.7. The van der Waals surface area contributed by atoms with E-state index in [0.717, 1.165) is 22.6 Å². The van der Waals surface area contributed by atoms with E-state index in [1.807, 2.05) is 6.92 Å². The van der Waals surface area contributed by atoms with Crippen molar-refractivity contribution in [2.75, 3.05) is 17.3 Å². The maximum atomic E-state index is 13.4. The van der Waals surface area contributed by atoms with Gasteiger partial charge in [-0.2, -0.15) is 13.2 Å². The molecule has 0 aromatic heterocycles. The number of benzene rings is 3. The van der Waals surface area contributed by atoms with Crippen LogP contribution in [0, 0.1) is 6.92 Å². The van der Waals surface area contributed by atoms with Gasteiger partial charge in [-0.05, 0) is 42.8 Å². The number of nitrogens with one attached hydrogen (secondary N) is 1. The molecule has 0 unspecified atom stereocenters. The number of alkyl halides is 3. The fourth-order valence-electron chi connectivity index (χ4n) is 3.54. The second kappa shape index (κ2) is 8.46. The lowest BCUT2D eigenvalue weighted by Gasteiger charge is -2.16. The summed E-state index contributed by atoms with van der Waals surface area (Å²) in [6.45, 7) is 1.88. The van der Waals surface area contributed by atoms with Crippen molar-refractivity contribution in [3.8, 4) is 5.75 Å². The summed E-state index contributed by atoms with van der Waals surface area (Å²) in [6.07, 6.45) is -4.55. The smallest absolute Gasteiger partial charge is 0.416 e. The Morgan fingerprint density at radius 1 is 0.879 bits per heavy atom. The highest BCUT2D eigenvalue weighted by Gasteiger charge is 2.40. The molecule has 2 amide bonds. The summed E-state index contributed by atoms with van der Waals surface area (Å²) >= 11 is 0. The molecule has 0 fully saturated rings. The highest BCUT2D eigenvalue weighted by Crippen LogP contribution is 2.36. The van der Waals surface area contributed by atoms with Gasteiger partial charge >= 0.3 is 6.18 Å². The molecule has 168 valence electrons. The maximum Gasteiger partial charge on any atom is 0.416 e. The first-order valence-corrected chi connectivity index (χ1v) is 9.97. The van der Waals surface area contributed by atoms with Gasteiger partial charge in [-0.1, -0.05) is 42.0 Å². The van der Waals surface area contributed by atoms with E-state index in [1.54, 1.807) is 42.5 Å². The number of amides is 2. The molecule has 0 radical (unpaired) electrons. The van der Waals surface area contributed by atoms with Gasteiger partial charge in [0.15, 0.2) is 0 Å². The molecule has 0 bridgehead atoms. The third kappa shape index (κ3) is 4.32. The molecule has 1 aliphatic rings. The summed E-state index contributed by atoms with van der Waals surface area (Å²) in [5.41, 5.74) is 0.845. The van der Waals surface area contributed by atoms with Crippen molar-refractivity contribution >= 4 is 28.8 Å². The van der Waals surface area contributed by atoms with Crippen LogP contribution in [-0.4, -0.2) is 18.9 Å². The number of imide groups is 1. The summed E-state index contributed by atoms with van der Waals surface area (Å²) in [5, 5.41) is 2.76. The number of anilines is 2. The van der Waals surface area contributed by atoms with Gasteiger partial charge in [-0.3, -0.25) is 9.59 Å². The average molecular weight is 452 g/mol. The molecule has 8 heteroatoms. The predicted octanol–water partition coefficient (Wildman–Crippen LogP) is 5.42. The molecular formula is C25H19F3N2O3. The van der Waals surface area contributed by atoms with Gasteiger partial charge in [0.05, 0.1) is 23.9 Å². The molecule has 3 aromatic carbocycles. The van der Waals surface area contributed by atoms with Gasteiger partial charge in [-0.25, -0.2) is 4.90 Å². The normalized spacial score (nSPS) is 14.2. The molecule has 0 aliphatic carbocycles. The van der Waals surface area contributed by atoms with Crippen molar-refractivity contribution in [3.05, 3.63) is 95.2 Å². The zero-order valence-electron chi connectivity index (χ0n) is 17.7. The highest BCUT2D eigenvalue weighted by atomic mass is 19.4. The first-order chi connectivity index (χ1) is 15.7. The van der Waals surface area contributed by atoms with Crippen molar-refractivity contribution in [3.63, 3.8) is 0 Å². The van der Waals surface area contributed by atoms with Crippen LogP contribution in [0.4, 0.5) is 24.5 Å². The van der Waals surface area contributed by atoms with E-state index in [4.69, 9.17) is 4.74 Å². The second-order valence-corrected chi connectivity index (χ2v) is 7.47. The minimum Gasteiger partial charge on any atom is -0.497 e. The van der Waals surface area contributed by atoms with E-state index in [9.17, 15) is 22.8 Å². The molecular weight excluding hydrogens is 433 g/mol. The minimum atomic E-state index is -4.55. The fraction of sp³-hybridized carbons (Fsp3) is 0.120. The van der Waals surface area contributed by atoms with Crippen LogP contribution in [0.5, 0.6) is 5.75 Å². The summed E-state index contributed by atoms with van der Waals surface area (Å²) in [4.78, 5) is 27.8. The Kier molecular flexibility index (Phi) is 5.68. The summed E-state index contributed by atoms with van der Waals surface area (Å²) < 4.78 is 44.7. The number of ether oxygens (including phenoxy) is 1. The molecule has 1 heterocycles.